The lowest BCUT2D eigenvalue weighted by Crippen LogP contribution is -2.45. The molecule has 0 spiro atoms. The number of nitrogens with one attached hydrogen (secondary N) is 1. The van der Waals surface area contributed by atoms with Crippen molar-refractivity contribution in [2.75, 3.05) is 33.0 Å². The molecule has 1 amide bonds. The maximum absolute atomic E-state index is 12.0. The summed E-state index contributed by atoms with van der Waals surface area (Å²) in [5, 5.41) is 6.79. The first-order valence-electron chi connectivity index (χ1n) is 5.77. The number of H-pyrrole nitrogens is 1. The molecule has 1 saturated heterocycles. The predicted octanol–water partition coefficient (Wildman–Crippen LogP) is 0.346. The molecule has 0 bridgehead atoms. The molecule has 94 valence electrons. The van der Waals surface area contributed by atoms with E-state index >= 15 is 0 Å². The molecule has 0 saturated carbocycles. The van der Waals surface area contributed by atoms with Crippen molar-refractivity contribution >= 4 is 5.91 Å². The molecule has 1 N–H and O–H groups in total. The van der Waals surface area contributed by atoms with Crippen LogP contribution in [0.25, 0.3) is 0 Å². The first-order chi connectivity index (χ1) is 8.33. The minimum absolute atomic E-state index is 0.00486. The summed E-state index contributed by atoms with van der Waals surface area (Å²) < 4.78 is 10.6. The number of ether oxygens (including phenoxy) is 2. The van der Waals surface area contributed by atoms with Gasteiger partial charge >= 0.3 is 0 Å². The van der Waals surface area contributed by atoms with Gasteiger partial charge in [0.25, 0.3) is 0 Å². The van der Waals surface area contributed by atoms with Gasteiger partial charge in [-0.15, -0.1) is 0 Å². The molecule has 1 aliphatic heterocycles. The minimum atomic E-state index is -0.0841. The second-order valence-electron chi connectivity index (χ2n) is 3.83. The van der Waals surface area contributed by atoms with Gasteiger partial charge in [0.2, 0.25) is 5.91 Å². The largest absolute Gasteiger partial charge is 0.377 e. The number of hydrogen-bond acceptors (Lipinski definition) is 4. The molecule has 1 aliphatic rings. The van der Waals surface area contributed by atoms with Gasteiger partial charge in [0.15, 0.2) is 0 Å². The van der Waals surface area contributed by atoms with Crippen LogP contribution in [0.5, 0.6) is 0 Å². The van der Waals surface area contributed by atoms with Crippen molar-refractivity contribution in [3.8, 4) is 0 Å². The molecule has 0 aromatic carbocycles. The Kier molecular flexibility index (Phi) is 4.11. The van der Waals surface area contributed by atoms with Crippen LogP contribution in [0.4, 0.5) is 0 Å². The third kappa shape index (κ3) is 2.83. The van der Waals surface area contributed by atoms with Crippen LogP contribution in [0.3, 0.4) is 0 Å². The molecular formula is C11H17N3O3. The lowest BCUT2D eigenvalue weighted by atomic mass is 10.1. The lowest BCUT2D eigenvalue weighted by Gasteiger charge is -2.34. The van der Waals surface area contributed by atoms with Gasteiger partial charge in [-0.25, -0.2) is 0 Å². The van der Waals surface area contributed by atoms with Crippen LogP contribution in [0.15, 0.2) is 12.3 Å². The second-order valence-corrected chi connectivity index (χ2v) is 3.83. The number of hydrogen-bond donors (Lipinski definition) is 1. The van der Waals surface area contributed by atoms with E-state index in [0.717, 1.165) is 5.69 Å². The summed E-state index contributed by atoms with van der Waals surface area (Å²) in [4.78, 5) is 13.8. The molecule has 6 heteroatoms. The maximum Gasteiger partial charge on any atom is 0.249 e. The van der Waals surface area contributed by atoms with E-state index in [2.05, 4.69) is 10.2 Å². The summed E-state index contributed by atoms with van der Waals surface area (Å²) in [5.74, 6) is -0.00486. The van der Waals surface area contributed by atoms with Crippen LogP contribution in [-0.4, -0.2) is 54.0 Å². The summed E-state index contributed by atoms with van der Waals surface area (Å²) in [6.45, 7) is 4.21. The SMILES string of the molecule is CCOCC(=O)N1CCOC[C@H]1c1ccn[nH]1. The summed E-state index contributed by atoms with van der Waals surface area (Å²) in [6.07, 6.45) is 1.68. The van der Waals surface area contributed by atoms with E-state index in [4.69, 9.17) is 9.47 Å². The zero-order chi connectivity index (χ0) is 12.1. The standard InChI is InChI=1S/C11H17N3O3/c1-2-16-8-11(15)14-5-6-17-7-10(14)9-3-4-12-13-9/h3-4,10H,2,5-8H2,1H3,(H,12,13)/t10-/m0/s1. The van der Waals surface area contributed by atoms with E-state index in [1.54, 1.807) is 11.1 Å². The van der Waals surface area contributed by atoms with Crippen molar-refractivity contribution < 1.29 is 14.3 Å². The number of carbonyl (C=O) groups is 1. The normalized spacial score (nSPS) is 20.5. The highest BCUT2D eigenvalue weighted by atomic mass is 16.5. The van der Waals surface area contributed by atoms with E-state index in [1.807, 2.05) is 13.0 Å². The van der Waals surface area contributed by atoms with Crippen molar-refractivity contribution in [2.45, 2.75) is 13.0 Å². The molecule has 0 unspecified atom stereocenters. The first-order valence-corrected chi connectivity index (χ1v) is 5.77. The third-order valence-corrected chi connectivity index (χ3v) is 2.76. The summed E-state index contributed by atoms with van der Waals surface area (Å²) in [7, 11) is 0. The minimum Gasteiger partial charge on any atom is -0.377 e. The average molecular weight is 239 g/mol. The first kappa shape index (κ1) is 12.1. The van der Waals surface area contributed by atoms with Gasteiger partial charge in [-0.3, -0.25) is 9.89 Å². The zero-order valence-electron chi connectivity index (χ0n) is 9.89. The van der Waals surface area contributed by atoms with Crippen molar-refractivity contribution in [3.05, 3.63) is 18.0 Å². The van der Waals surface area contributed by atoms with Crippen LogP contribution in [0, 0.1) is 0 Å². The van der Waals surface area contributed by atoms with E-state index in [9.17, 15) is 4.79 Å². The van der Waals surface area contributed by atoms with Crippen molar-refractivity contribution in [1.82, 2.24) is 15.1 Å². The molecule has 0 radical (unpaired) electrons. The monoisotopic (exact) mass is 239 g/mol. The Bertz CT molecular complexity index is 353. The van der Waals surface area contributed by atoms with Gasteiger partial charge in [-0.2, -0.15) is 5.10 Å². The quantitative estimate of drug-likeness (QED) is 0.823. The summed E-state index contributed by atoms with van der Waals surface area (Å²) in [6, 6.07) is 1.78. The Balaban J connectivity index is 2.04. The molecule has 2 rings (SSSR count). The van der Waals surface area contributed by atoms with Gasteiger partial charge in [0, 0.05) is 19.3 Å². The van der Waals surface area contributed by atoms with E-state index < -0.39 is 0 Å². The molecule has 6 nitrogen and oxygen atoms in total. The average Bonchev–Trinajstić information content (AvgIpc) is 2.89. The summed E-state index contributed by atoms with van der Waals surface area (Å²) in [5.41, 5.74) is 0.898. The van der Waals surface area contributed by atoms with Crippen LogP contribution in [0.2, 0.25) is 0 Å². The number of rotatable bonds is 4. The second kappa shape index (κ2) is 5.79. The van der Waals surface area contributed by atoms with Crippen molar-refractivity contribution in [1.29, 1.82) is 0 Å². The van der Waals surface area contributed by atoms with E-state index in [1.165, 1.54) is 0 Å². The van der Waals surface area contributed by atoms with Crippen LogP contribution < -0.4 is 0 Å². The fourth-order valence-electron chi connectivity index (χ4n) is 1.88. The molecule has 1 aromatic rings. The topological polar surface area (TPSA) is 67.4 Å². The fourth-order valence-corrected chi connectivity index (χ4v) is 1.88. The highest BCUT2D eigenvalue weighted by molar-refractivity contribution is 5.78. The van der Waals surface area contributed by atoms with Crippen molar-refractivity contribution in [2.24, 2.45) is 0 Å². The number of carbonyl (C=O) groups excluding carboxylic acids is 1. The number of nitrogens with zero attached hydrogens (tertiary/aromatic N) is 2. The van der Waals surface area contributed by atoms with E-state index in [0.29, 0.717) is 26.4 Å². The Morgan fingerprint density at radius 1 is 1.76 bits per heavy atom. The molecule has 1 fully saturated rings. The molecule has 2 heterocycles. The van der Waals surface area contributed by atoms with Crippen LogP contribution >= 0.6 is 0 Å². The Morgan fingerprint density at radius 2 is 2.65 bits per heavy atom. The molecule has 1 aromatic heterocycles. The van der Waals surface area contributed by atoms with Gasteiger partial charge in [-0.05, 0) is 13.0 Å². The molecular weight excluding hydrogens is 222 g/mol. The smallest absolute Gasteiger partial charge is 0.249 e. The zero-order valence-corrected chi connectivity index (χ0v) is 9.89. The van der Waals surface area contributed by atoms with Gasteiger partial charge in [-0.1, -0.05) is 0 Å². The number of morpholine rings is 1. The molecule has 0 aliphatic carbocycles. The molecule has 17 heavy (non-hydrogen) atoms. The predicted molar refractivity (Wildman–Crippen MR) is 60.4 cm³/mol. The summed E-state index contributed by atoms with van der Waals surface area (Å²) >= 11 is 0. The molecule has 1 atom stereocenters. The third-order valence-electron chi connectivity index (χ3n) is 2.76. The number of aromatic nitrogens is 2. The number of amides is 1. The Morgan fingerprint density at radius 3 is 3.35 bits per heavy atom. The highest BCUT2D eigenvalue weighted by Gasteiger charge is 2.29. The Labute approximate surface area is 99.9 Å². The van der Waals surface area contributed by atoms with E-state index in [-0.39, 0.29) is 18.6 Å². The van der Waals surface area contributed by atoms with Crippen LogP contribution in [-0.2, 0) is 14.3 Å². The van der Waals surface area contributed by atoms with Gasteiger partial charge < -0.3 is 14.4 Å². The number of aromatic amines is 1. The van der Waals surface area contributed by atoms with Crippen LogP contribution in [0.1, 0.15) is 18.7 Å². The highest BCUT2D eigenvalue weighted by Crippen LogP contribution is 2.22. The van der Waals surface area contributed by atoms with Crippen molar-refractivity contribution in [3.63, 3.8) is 0 Å². The Hall–Kier alpha value is -1.40. The fraction of sp³-hybridized carbons (Fsp3) is 0.636. The maximum atomic E-state index is 12.0. The van der Waals surface area contributed by atoms with Gasteiger partial charge in [0.1, 0.15) is 6.61 Å². The lowest BCUT2D eigenvalue weighted by molar-refractivity contribution is -0.145. The van der Waals surface area contributed by atoms with Gasteiger partial charge in [0.05, 0.1) is 24.9 Å².